The van der Waals surface area contributed by atoms with Crippen molar-refractivity contribution in [3.8, 4) is 0 Å². The maximum Gasteiger partial charge on any atom is 0.246 e. The first kappa shape index (κ1) is 11.3. The molecule has 1 aliphatic rings. The lowest BCUT2D eigenvalue weighted by Crippen LogP contribution is -2.52. The molecule has 0 radical (unpaired) electrons. The van der Waals surface area contributed by atoms with Crippen molar-refractivity contribution >= 4 is 23.6 Å². The van der Waals surface area contributed by atoms with Gasteiger partial charge in [0.1, 0.15) is 5.82 Å². The summed E-state index contributed by atoms with van der Waals surface area (Å²) in [5.41, 5.74) is 3.09. The summed E-state index contributed by atoms with van der Waals surface area (Å²) in [5, 5.41) is 2.22. The number of carbonyl (C=O) groups excluding carboxylic acids is 2. The number of carbonyl (C=O) groups is 2. The molecule has 1 fully saturated rings. The number of nitrogens with two attached hydrogens (primary N) is 1. The zero-order chi connectivity index (χ0) is 12.4. The molecule has 0 bridgehead atoms. The largest absolute Gasteiger partial charge is 0.338 e. The molecule has 2 rings (SSSR count). The van der Waals surface area contributed by atoms with Crippen LogP contribution in [-0.4, -0.2) is 34.9 Å². The van der Waals surface area contributed by atoms with Crippen LogP contribution in [0.3, 0.4) is 0 Å². The maximum absolute atomic E-state index is 11.3. The summed E-state index contributed by atoms with van der Waals surface area (Å²) in [7, 11) is 0. The standard InChI is InChI=1S/C9H12N6O2/c1-5-2-11-9(14-10)13-8(5)15-3-6(16)12-7(17)4-15/h2H,3-4,10H2,1H3,(H,11,13,14)(H,12,16,17). The van der Waals surface area contributed by atoms with E-state index < -0.39 is 0 Å². The summed E-state index contributed by atoms with van der Waals surface area (Å²) < 4.78 is 0. The van der Waals surface area contributed by atoms with Gasteiger partial charge in [0.2, 0.25) is 17.8 Å². The summed E-state index contributed by atoms with van der Waals surface area (Å²) in [4.78, 5) is 32.2. The number of nitrogens with zero attached hydrogens (tertiary/aromatic N) is 3. The second kappa shape index (κ2) is 4.34. The van der Waals surface area contributed by atoms with Crippen molar-refractivity contribution in [3.63, 3.8) is 0 Å². The fourth-order valence-electron chi connectivity index (χ4n) is 1.61. The number of nitrogen functional groups attached to an aromatic ring is 1. The first-order chi connectivity index (χ1) is 8.10. The molecule has 1 aromatic heterocycles. The molecule has 8 heteroatoms. The summed E-state index contributed by atoms with van der Waals surface area (Å²) >= 11 is 0. The Morgan fingerprint density at radius 2 is 2.06 bits per heavy atom. The van der Waals surface area contributed by atoms with E-state index in [1.807, 2.05) is 0 Å². The van der Waals surface area contributed by atoms with Gasteiger partial charge >= 0.3 is 0 Å². The topological polar surface area (TPSA) is 113 Å². The molecule has 1 aromatic rings. The highest BCUT2D eigenvalue weighted by Crippen LogP contribution is 2.18. The first-order valence-electron chi connectivity index (χ1n) is 4.98. The van der Waals surface area contributed by atoms with Gasteiger partial charge in [0.05, 0.1) is 13.1 Å². The Morgan fingerprint density at radius 1 is 1.41 bits per heavy atom. The molecule has 8 nitrogen and oxygen atoms in total. The zero-order valence-electron chi connectivity index (χ0n) is 9.23. The smallest absolute Gasteiger partial charge is 0.246 e. The van der Waals surface area contributed by atoms with Crippen LogP contribution in [0, 0.1) is 6.92 Å². The molecule has 2 amide bonds. The molecule has 4 N–H and O–H groups in total. The number of anilines is 2. The third-order valence-corrected chi connectivity index (χ3v) is 2.32. The molecule has 0 aromatic carbocycles. The fourth-order valence-corrected chi connectivity index (χ4v) is 1.61. The summed E-state index contributed by atoms with van der Waals surface area (Å²) in [6, 6.07) is 0. The number of hydrogen-bond acceptors (Lipinski definition) is 7. The van der Waals surface area contributed by atoms with Gasteiger partial charge in [0, 0.05) is 11.8 Å². The van der Waals surface area contributed by atoms with E-state index in [1.165, 1.54) is 0 Å². The van der Waals surface area contributed by atoms with E-state index in [4.69, 9.17) is 5.84 Å². The zero-order valence-corrected chi connectivity index (χ0v) is 9.23. The Morgan fingerprint density at radius 3 is 2.65 bits per heavy atom. The number of nitrogens with one attached hydrogen (secondary N) is 2. The van der Waals surface area contributed by atoms with Gasteiger partial charge in [0.25, 0.3) is 0 Å². The molecule has 0 spiro atoms. The third-order valence-electron chi connectivity index (χ3n) is 2.32. The van der Waals surface area contributed by atoms with E-state index >= 15 is 0 Å². The summed E-state index contributed by atoms with van der Waals surface area (Å²) in [6.07, 6.45) is 1.58. The highest BCUT2D eigenvalue weighted by atomic mass is 16.2. The Balaban J connectivity index is 2.32. The predicted octanol–water partition coefficient (Wildman–Crippen LogP) is -1.47. The van der Waals surface area contributed by atoms with E-state index in [0.717, 1.165) is 5.56 Å². The average molecular weight is 236 g/mol. The molecular weight excluding hydrogens is 224 g/mol. The second-order valence-corrected chi connectivity index (χ2v) is 3.67. The number of imide groups is 1. The van der Waals surface area contributed by atoms with Gasteiger partial charge in [-0.1, -0.05) is 0 Å². The number of piperazine rings is 1. The van der Waals surface area contributed by atoms with E-state index in [0.29, 0.717) is 5.82 Å². The van der Waals surface area contributed by atoms with Gasteiger partial charge in [-0.25, -0.2) is 10.8 Å². The molecular formula is C9H12N6O2. The molecule has 1 aliphatic heterocycles. The van der Waals surface area contributed by atoms with Crippen LogP contribution in [0.4, 0.5) is 11.8 Å². The normalized spacial score (nSPS) is 15.8. The van der Waals surface area contributed by atoms with Crippen LogP contribution >= 0.6 is 0 Å². The van der Waals surface area contributed by atoms with Crippen LogP contribution in [0.5, 0.6) is 0 Å². The minimum atomic E-state index is -0.346. The Bertz CT molecular complexity index is 459. The van der Waals surface area contributed by atoms with Crippen LogP contribution in [-0.2, 0) is 9.59 Å². The number of hydrogen-bond donors (Lipinski definition) is 3. The van der Waals surface area contributed by atoms with Crippen molar-refractivity contribution in [3.05, 3.63) is 11.8 Å². The van der Waals surface area contributed by atoms with Gasteiger partial charge in [-0.3, -0.25) is 20.3 Å². The number of hydrazine groups is 1. The van der Waals surface area contributed by atoms with E-state index in [2.05, 4.69) is 20.7 Å². The van der Waals surface area contributed by atoms with Crippen molar-refractivity contribution in [2.24, 2.45) is 5.84 Å². The van der Waals surface area contributed by atoms with Crippen molar-refractivity contribution in [2.75, 3.05) is 23.4 Å². The van der Waals surface area contributed by atoms with Crippen molar-refractivity contribution in [1.82, 2.24) is 15.3 Å². The molecule has 90 valence electrons. The predicted molar refractivity (Wildman–Crippen MR) is 59.9 cm³/mol. The monoisotopic (exact) mass is 236 g/mol. The fraction of sp³-hybridized carbons (Fsp3) is 0.333. The lowest BCUT2D eigenvalue weighted by atomic mass is 10.2. The SMILES string of the molecule is Cc1cnc(NN)nc1N1CC(=O)NC(=O)C1. The first-order valence-corrected chi connectivity index (χ1v) is 4.98. The Labute approximate surface area is 97.2 Å². The minimum Gasteiger partial charge on any atom is -0.338 e. The Kier molecular flexibility index (Phi) is 2.88. The Hall–Kier alpha value is -2.22. The number of aromatic nitrogens is 2. The van der Waals surface area contributed by atoms with E-state index in [-0.39, 0.29) is 30.9 Å². The van der Waals surface area contributed by atoms with Gasteiger partial charge in [-0.15, -0.1) is 0 Å². The quantitative estimate of drug-likeness (QED) is 0.326. The number of rotatable bonds is 2. The van der Waals surface area contributed by atoms with Gasteiger partial charge < -0.3 is 4.90 Å². The molecule has 0 saturated carbocycles. The third kappa shape index (κ3) is 2.31. The van der Waals surface area contributed by atoms with Crippen LogP contribution in [0.15, 0.2) is 6.20 Å². The van der Waals surface area contributed by atoms with Crippen LogP contribution < -0.4 is 21.5 Å². The molecule has 2 heterocycles. The molecule has 0 unspecified atom stereocenters. The van der Waals surface area contributed by atoms with Crippen LogP contribution in [0.1, 0.15) is 5.56 Å². The van der Waals surface area contributed by atoms with Crippen LogP contribution in [0.25, 0.3) is 0 Å². The summed E-state index contributed by atoms with van der Waals surface area (Å²) in [5.74, 6) is 5.29. The number of amides is 2. The van der Waals surface area contributed by atoms with E-state index in [9.17, 15) is 9.59 Å². The molecule has 17 heavy (non-hydrogen) atoms. The van der Waals surface area contributed by atoms with Gasteiger partial charge in [-0.05, 0) is 6.92 Å². The van der Waals surface area contributed by atoms with Crippen LogP contribution in [0.2, 0.25) is 0 Å². The van der Waals surface area contributed by atoms with Crippen molar-refractivity contribution in [2.45, 2.75) is 6.92 Å². The molecule has 0 atom stereocenters. The maximum atomic E-state index is 11.3. The summed E-state index contributed by atoms with van der Waals surface area (Å²) in [6.45, 7) is 1.98. The lowest BCUT2D eigenvalue weighted by Gasteiger charge is -2.27. The second-order valence-electron chi connectivity index (χ2n) is 3.67. The highest BCUT2D eigenvalue weighted by molar-refractivity contribution is 6.02. The van der Waals surface area contributed by atoms with Gasteiger partial charge in [0.15, 0.2) is 0 Å². The number of aryl methyl sites for hydroxylation is 1. The highest BCUT2D eigenvalue weighted by Gasteiger charge is 2.24. The lowest BCUT2D eigenvalue weighted by molar-refractivity contribution is -0.130. The van der Waals surface area contributed by atoms with Crippen molar-refractivity contribution < 1.29 is 9.59 Å². The van der Waals surface area contributed by atoms with E-state index in [1.54, 1.807) is 18.0 Å². The molecule has 1 saturated heterocycles. The van der Waals surface area contributed by atoms with Crippen molar-refractivity contribution in [1.29, 1.82) is 0 Å². The average Bonchev–Trinajstić information content (AvgIpc) is 2.28. The molecule has 0 aliphatic carbocycles. The van der Waals surface area contributed by atoms with Gasteiger partial charge in [-0.2, -0.15) is 4.98 Å². The minimum absolute atomic E-state index is 0.0909.